The van der Waals surface area contributed by atoms with Gasteiger partial charge in [-0.15, -0.1) is 0 Å². The minimum atomic E-state index is -1.35. The van der Waals surface area contributed by atoms with Crippen LogP contribution in [-0.2, 0) is 9.59 Å². The number of carbonyl (C=O) groups is 2. The Balaban J connectivity index is 2.23. The second kappa shape index (κ2) is 6.89. The standard InChI is InChI=1S/C14H26N2O3/c1-11-7-4-5-9-16(11)10-6-8-15-12(17)14(2,3)13(18)19/h11H,4-10H2,1-3H3,(H,15,17)(H,18,19). The topological polar surface area (TPSA) is 69.6 Å². The molecule has 1 amide bonds. The first-order chi connectivity index (χ1) is 8.85. The van der Waals surface area contributed by atoms with Crippen molar-refractivity contribution in [3.63, 3.8) is 0 Å². The molecule has 0 radical (unpaired) electrons. The lowest BCUT2D eigenvalue weighted by atomic mass is 9.93. The SMILES string of the molecule is CC1CCCCN1CCCNC(=O)C(C)(C)C(=O)O. The van der Waals surface area contributed by atoms with E-state index >= 15 is 0 Å². The zero-order valence-electron chi connectivity index (χ0n) is 12.2. The predicted molar refractivity (Wildman–Crippen MR) is 73.9 cm³/mol. The first kappa shape index (κ1) is 16.0. The zero-order chi connectivity index (χ0) is 14.5. The van der Waals surface area contributed by atoms with Gasteiger partial charge in [-0.3, -0.25) is 9.59 Å². The summed E-state index contributed by atoms with van der Waals surface area (Å²) in [6.45, 7) is 7.74. The molecule has 1 rings (SSSR count). The number of nitrogens with one attached hydrogen (secondary N) is 1. The van der Waals surface area contributed by atoms with Gasteiger partial charge in [0.25, 0.3) is 0 Å². The lowest BCUT2D eigenvalue weighted by molar-refractivity contribution is -0.153. The van der Waals surface area contributed by atoms with Crippen LogP contribution in [0.2, 0.25) is 0 Å². The van der Waals surface area contributed by atoms with Gasteiger partial charge in [-0.2, -0.15) is 0 Å². The van der Waals surface area contributed by atoms with Crippen LogP contribution in [0.1, 0.15) is 46.5 Å². The van der Waals surface area contributed by atoms with E-state index in [0.29, 0.717) is 12.6 Å². The number of hydrogen-bond donors (Lipinski definition) is 2. The Morgan fingerprint density at radius 3 is 2.63 bits per heavy atom. The van der Waals surface area contributed by atoms with Crippen molar-refractivity contribution in [3.05, 3.63) is 0 Å². The average molecular weight is 270 g/mol. The first-order valence-corrected chi connectivity index (χ1v) is 7.11. The predicted octanol–water partition coefficient (Wildman–Crippen LogP) is 1.48. The molecule has 1 saturated heterocycles. The normalized spacial score (nSPS) is 21.1. The molecule has 0 aliphatic carbocycles. The van der Waals surface area contributed by atoms with Crippen molar-refractivity contribution in [1.82, 2.24) is 10.2 Å². The molecule has 5 heteroatoms. The van der Waals surface area contributed by atoms with Crippen LogP contribution in [0.4, 0.5) is 0 Å². The quantitative estimate of drug-likeness (QED) is 0.566. The maximum Gasteiger partial charge on any atom is 0.318 e. The van der Waals surface area contributed by atoms with Gasteiger partial charge in [0.1, 0.15) is 5.41 Å². The molecule has 2 N–H and O–H groups in total. The van der Waals surface area contributed by atoms with Crippen LogP contribution in [0.5, 0.6) is 0 Å². The highest BCUT2D eigenvalue weighted by molar-refractivity contribution is 6.00. The van der Waals surface area contributed by atoms with E-state index in [1.807, 2.05) is 0 Å². The van der Waals surface area contributed by atoms with Gasteiger partial charge in [0.15, 0.2) is 0 Å². The second-order valence-corrected chi connectivity index (χ2v) is 5.92. The van der Waals surface area contributed by atoms with Crippen LogP contribution in [-0.4, -0.2) is 47.6 Å². The molecule has 1 aliphatic rings. The number of carbonyl (C=O) groups excluding carboxylic acids is 1. The molecule has 1 heterocycles. The Morgan fingerprint density at radius 1 is 1.37 bits per heavy atom. The number of amides is 1. The van der Waals surface area contributed by atoms with Crippen molar-refractivity contribution in [2.45, 2.75) is 52.5 Å². The van der Waals surface area contributed by atoms with Crippen molar-refractivity contribution < 1.29 is 14.7 Å². The molecule has 0 spiro atoms. The van der Waals surface area contributed by atoms with E-state index in [9.17, 15) is 9.59 Å². The molecule has 0 saturated carbocycles. The summed E-state index contributed by atoms with van der Waals surface area (Å²) in [6.07, 6.45) is 4.67. The van der Waals surface area contributed by atoms with Crippen LogP contribution in [0.3, 0.4) is 0 Å². The summed E-state index contributed by atoms with van der Waals surface area (Å²) in [6, 6.07) is 0.625. The largest absolute Gasteiger partial charge is 0.480 e. The van der Waals surface area contributed by atoms with Crippen molar-refractivity contribution in [3.8, 4) is 0 Å². The summed E-state index contributed by atoms with van der Waals surface area (Å²) in [5, 5.41) is 11.6. The smallest absolute Gasteiger partial charge is 0.318 e. The van der Waals surface area contributed by atoms with E-state index in [-0.39, 0.29) is 0 Å². The van der Waals surface area contributed by atoms with Gasteiger partial charge in [-0.1, -0.05) is 6.42 Å². The fourth-order valence-electron chi connectivity index (χ4n) is 2.29. The fourth-order valence-corrected chi connectivity index (χ4v) is 2.29. The third-order valence-electron chi connectivity index (χ3n) is 3.95. The summed E-state index contributed by atoms with van der Waals surface area (Å²) < 4.78 is 0. The van der Waals surface area contributed by atoms with Crippen LogP contribution >= 0.6 is 0 Å². The molecule has 1 fully saturated rings. The molecule has 110 valence electrons. The number of carboxylic acid groups (broad SMARTS) is 1. The Bertz CT molecular complexity index is 329. The zero-order valence-corrected chi connectivity index (χ0v) is 12.2. The van der Waals surface area contributed by atoms with Crippen LogP contribution in [0.15, 0.2) is 0 Å². The lowest BCUT2D eigenvalue weighted by Gasteiger charge is -2.33. The van der Waals surface area contributed by atoms with Gasteiger partial charge in [0.05, 0.1) is 0 Å². The Kier molecular flexibility index (Phi) is 5.79. The van der Waals surface area contributed by atoms with Gasteiger partial charge >= 0.3 is 5.97 Å². The number of aliphatic carboxylic acids is 1. The summed E-state index contributed by atoms with van der Waals surface area (Å²) in [5.41, 5.74) is -1.35. The molecular weight excluding hydrogens is 244 g/mol. The fraction of sp³-hybridized carbons (Fsp3) is 0.857. The van der Waals surface area contributed by atoms with E-state index in [1.165, 1.54) is 33.1 Å². The highest BCUT2D eigenvalue weighted by Crippen LogP contribution is 2.17. The minimum absolute atomic E-state index is 0.410. The first-order valence-electron chi connectivity index (χ1n) is 7.11. The van der Waals surface area contributed by atoms with Crippen LogP contribution in [0.25, 0.3) is 0 Å². The van der Waals surface area contributed by atoms with Gasteiger partial charge in [-0.25, -0.2) is 0 Å². The van der Waals surface area contributed by atoms with E-state index in [4.69, 9.17) is 5.11 Å². The van der Waals surface area contributed by atoms with Crippen LogP contribution in [0, 0.1) is 5.41 Å². The van der Waals surface area contributed by atoms with Gasteiger partial charge in [0.2, 0.25) is 5.91 Å². The van der Waals surface area contributed by atoms with Gasteiger partial charge < -0.3 is 15.3 Å². The molecule has 0 aromatic carbocycles. The molecule has 0 aromatic rings. The van der Waals surface area contributed by atoms with E-state index in [0.717, 1.165) is 19.5 Å². The molecular formula is C14H26N2O3. The molecule has 1 aliphatic heterocycles. The minimum Gasteiger partial charge on any atom is -0.480 e. The monoisotopic (exact) mass is 270 g/mol. The highest BCUT2D eigenvalue weighted by atomic mass is 16.4. The van der Waals surface area contributed by atoms with E-state index < -0.39 is 17.3 Å². The van der Waals surface area contributed by atoms with Gasteiger partial charge in [-0.05, 0) is 46.6 Å². The van der Waals surface area contributed by atoms with Crippen molar-refractivity contribution in [2.24, 2.45) is 5.41 Å². The number of carboxylic acids is 1. The summed E-state index contributed by atoms with van der Waals surface area (Å²) in [7, 11) is 0. The summed E-state index contributed by atoms with van der Waals surface area (Å²) >= 11 is 0. The summed E-state index contributed by atoms with van der Waals surface area (Å²) in [4.78, 5) is 25.1. The Labute approximate surface area is 115 Å². The molecule has 1 atom stereocenters. The third kappa shape index (κ3) is 4.49. The number of piperidine rings is 1. The second-order valence-electron chi connectivity index (χ2n) is 5.92. The maximum atomic E-state index is 11.7. The Hall–Kier alpha value is -1.10. The maximum absolute atomic E-state index is 11.7. The number of rotatable bonds is 6. The van der Waals surface area contributed by atoms with Crippen molar-refractivity contribution in [1.29, 1.82) is 0 Å². The van der Waals surface area contributed by atoms with Crippen molar-refractivity contribution >= 4 is 11.9 Å². The third-order valence-corrected chi connectivity index (χ3v) is 3.95. The van der Waals surface area contributed by atoms with Crippen LogP contribution < -0.4 is 5.32 Å². The average Bonchev–Trinajstić information content (AvgIpc) is 2.36. The highest BCUT2D eigenvalue weighted by Gasteiger charge is 2.35. The molecule has 0 bridgehead atoms. The number of hydrogen-bond acceptors (Lipinski definition) is 3. The molecule has 1 unspecified atom stereocenters. The number of nitrogens with zero attached hydrogens (tertiary/aromatic N) is 1. The molecule has 0 aromatic heterocycles. The molecule has 5 nitrogen and oxygen atoms in total. The van der Waals surface area contributed by atoms with Crippen molar-refractivity contribution in [2.75, 3.05) is 19.6 Å². The van der Waals surface area contributed by atoms with E-state index in [2.05, 4.69) is 17.1 Å². The van der Waals surface area contributed by atoms with Gasteiger partial charge in [0, 0.05) is 19.1 Å². The Morgan fingerprint density at radius 2 is 2.05 bits per heavy atom. The molecule has 19 heavy (non-hydrogen) atoms. The number of likely N-dealkylation sites (tertiary alicyclic amines) is 1. The van der Waals surface area contributed by atoms with E-state index in [1.54, 1.807) is 0 Å². The summed E-state index contributed by atoms with van der Waals surface area (Å²) in [5.74, 6) is -1.50. The lowest BCUT2D eigenvalue weighted by Crippen LogP contribution is -2.44.